The highest BCUT2D eigenvalue weighted by atomic mass is 35.5. The molecule has 4 nitrogen and oxygen atoms in total. The zero-order valence-electron chi connectivity index (χ0n) is 13.1. The number of ether oxygens (including phenoxy) is 1. The van der Waals surface area contributed by atoms with Crippen LogP contribution in [0.3, 0.4) is 0 Å². The summed E-state index contributed by atoms with van der Waals surface area (Å²) in [4.78, 5) is 14.5. The smallest absolute Gasteiger partial charge is 0.266 e. The Morgan fingerprint density at radius 1 is 1.08 bits per heavy atom. The molecular weight excluding hydrogens is 359 g/mol. The summed E-state index contributed by atoms with van der Waals surface area (Å²) in [5.41, 5.74) is 1.71. The number of aromatic amines is 1. The second kappa shape index (κ2) is 7.02. The molecule has 0 spiro atoms. The molecule has 0 aliphatic rings. The molecule has 1 N–H and O–H groups in total. The summed E-state index contributed by atoms with van der Waals surface area (Å²) in [6.07, 6.45) is 0. The summed E-state index contributed by atoms with van der Waals surface area (Å²) in [7, 11) is 0. The summed E-state index contributed by atoms with van der Waals surface area (Å²) >= 11 is 12.0. The Labute approximate surface area is 154 Å². The van der Waals surface area contributed by atoms with Crippen molar-refractivity contribution in [3.05, 3.63) is 80.2 Å². The predicted molar refractivity (Wildman–Crippen MR) is 98.5 cm³/mol. The van der Waals surface area contributed by atoms with Gasteiger partial charge in [-0.2, -0.15) is 5.26 Å². The van der Waals surface area contributed by atoms with E-state index in [9.17, 15) is 10.1 Å². The van der Waals surface area contributed by atoms with Gasteiger partial charge in [0, 0.05) is 16.3 Å². The van der Waals surface area contributed by atoms with Crippen LogP contribution in [0.2, 0.25) is 10.0 Å². The third kappa shape index (κ3) is 3.69. The van der Waals surface area contributed by atoms with Crippen LogP contribution >= 0.6 is 23.2 Å². The van der Waals surface area contributed by atoms with Crippen molar-refractivity contribution >= 4 is 23.2 Å². The molecule has 0 bridgehead atoms. The van der Waals surface area contributed by atoms with E-state index in [0.717, 1.165) is 5.56 Å². The van der Waals surface area contributed by atoms with Crippen LogP contribution in [0.15, 0.2) is 53.3 Å². The summed E-state index contributed by atoms with van der Waals surface area (Å²) in [6, 6.07) is 15.8. The van der Waals surface area contributed by atoms with Gasteiger partial charge in [0.1, 0.15) is 23.1 Å². The molecule has 1 heterocycles. The van der Waals surface area contributed by atoms with E-state index in [-0.39, 0.29) is 5.56 Å². The molecule has 1 aromatic heterocycles. The average molecular weight is 371 g/mol. The highest BCUT2D eigenvalue weighted by Gasteiger charge is 2.11. The summed E-state index contributed by atoms with van der Waals surface area (Å²) in [5.74, 6) is 1.07. The minimum absolute atomic E-state index is 0.0833. The van der Waals surface area contributed by atoms with Gasteiger partial charge in [-0.3, -0.25) is 4.79 Å². The molecule has 0 aliphatic heterocycles. The average Bonchev–Trinajstić information content (AvgIpc) is 2.57. The van der Waals surface area contributed by atoms with Gasteiger partial charge >= 0.3 is 0 Å². The van der Waals surface area contributed by atoms with Crippen molar-refractivity contribution < 1.29 is 4.74 Å². The number of H-pyrrole nitrogens is 1. The van der Waals surface area contributed by atoms with Crippen LogP contribution in [0.1, 0.15) is 11.3 Å². The molecule has 0 unspecified atom stereocenters. The molecule has 124 valence electrons. The number of aromatic nitrogens is 1. The van der Waals surface area contributed by atoms with Gasteiger partial charge in [0.05, 0.1) is 5.02 Å². The van der Waals surface area contributed by atoms with Crippen molar-refractivity contribution in [3.63, 3.8) is 0 Å². The fourth-order valence-corrected chi connectivity index (χ4v) is 2.86. The number of nitrogens with zero attached hydrogens (tertiary/aromatic N) is 1. The van der Waals surface area contributed by atoms with Crippen LogP contribution in [0.25, 0.3) is 11.1 Å². The highest BCUT2D eigenvalue weighted by Crippen LogP contribution is 2.32. The number of halogens is 2. The normalized spacial score (nSPS) is 10.3. The van der Waals surface area contributed by atoms with Gasteiger partial charge < -0.3 is 9.72 Å². The van der Waals surface area contributed by atoms with Gasteiger partial charge in [-0.15, -0.1) is 0 Å². The van der Waals surface area contributed by atoms with E-state index in [1.165, 1.54) is 0 Å². The standard InChI is InChI=1S/C19H12Cl2N2O2/c1-11-8-15(16(10-22)19(24)23-11)12-2-5-14(6-3-12)25-18-7-4-13(20)9-17(18)21/h2-9H,1H3,(H,23,24). The number of rotatable bonds is 3. The molecule has 3 aromatic rings. The van der Waals surface area contributed by atoms with E-state index < -0.39 is 5.56 Å². The summed E-state index contributed by atoms with van der Waals surface area (Å²) in [6.45, 7) is 1.77. The van der Waals surface area contributed by atoms with Crippen molar-refractivity contribution in [1.29, 1.82) is 5.26 Å². The van der Waals surface area contributed by atoms with Gasteiger partial charge in [0.15, 0.2) is 0 Å². The second-order valence-electron chi connectivity index (χ2n) is 5.38. The van der Waals surface area contributed by atoms with Crippen molar-refractivity contribution in [2.24, 2.45) is 0 Å². The van der Waals surface area contributed by atoms with Gasteiger partial charge in [0.2, 0.25) is 0 Å². The Kier molecular flexibility index (Phi) is 4.80. The monoisotopic (exact) mass is 370 g/mol. The van der Waals surface area contributed by atoms with E-state index >= 15 is 0 Å². The Bertz CT molecular complexity index is 1030. The molecule has 2 aromatic carbocycles. The van der Waals surface area contributed by atoms with Crippen molar-refractivity contribution in [2.45, 2.75) is 6.92 Å². The first kappa shape index (κ1) is 17.1. The fourth-order valence-electron chi connectivity index (χ4n) is 2.41. The van der Waals surface area contributed by atoms with Crippen molar-refractivity contribution in [2.75, 3.05) is 0 Å². The van der Waals surface area contributed by atoms with Gasteiger partial charge in [-0.1, -0.05) is 35.3 Å². The van der Waals surface area contributed by atoms with E-state index in [4.69, 9.17) is 27.9 Å². The lowest BCUT2D eigenvalue weighted by Crippen LogP contribution is -2.12. The zero-order valence-corrected chi connectivity index (χ0v) is 14.7. The van der Waals surface area contributed by atoms with E-state index in [0.29, 0.717) is 32.8 Å². The quantitative estimate of drug-likeness (QED) is 0.678. The molecule has 0 saturated heterocycles. The van der Waals surface area contributed by atoms with Crippen LogP contribution < -0.4 is 10.3 Å². The van der Waals surface area contributed by atoms with Crippen molar-refractivity contribution in [3.8, 4) is 28.7 Å². The molecular formula is C19H12Cl2N2O2. The van der Waals surface area contributed by atoms with Crippen LogP contribution in [0.4, 0.5) is 0 Å². The molecule has 3 rings (SSSR count). The van der Waals surface area contributed by atoms with Crippen LogP contribution in [0.5, 0.6) is 11.5 Å². The lowest BCUT2D eigenvalue weighted by atomic mass is 10.0. The Morgan fingerprint density at radius 2 is 1.80 bits per heavy atom. The molecule has 25 heavy (non-hydrogen) atoms. The molecule has 0 atom stereocenters. The van der Waals surface area contributed by atoms with Crippen LogP contribution in [0, 0.1) is 18.3 Å². The maximum absolute atomic E-state index is 11.9. The summed E-state index contributed by atoms with van der Waals surface area (Å²) in [5, 5.41) is 10.2. The number of hydrogen-bond donors (Lipinski definition) is 1. The van der Waals surface area contributed by atoms with Gasteiger partial charge in [-0.25, -0.2) is 0 Å². The Morgan fingerprint density at radius 3 is 2.44 bits per heavy atom. The third-order valence-electron chi connectivity index (χ3n) is 3.57. The first-order valence-electron chi connectivity index (χ1n) is 7.35. The number of hydrogen-bond acceptors (Lipinski definition) is 3. The fraction of sp³-hybridized carbons (Fsp3) is 0.0526. The molecule has 0 amide bonds. The number of pyridine rings is 1. The zero-order chi connectivity index (χ0) is 18.0. The number of aryl methyl sites for hydroxylation is 1. The number of nitriles is 1. The molecule has 6 heteroatoms. The topological polar surface area (TPSA) is 65.9 Å². The SMILES string of the molecule is Cc1cc(-c2ccc(Oc3ccc(Cl)cc3Cl)cc2)c(C#N)c(=O)[nH]1. The van der Waals surface area contributed by atoms with Gasteiger partial charge in [0.25, 0.3) is 5.56 Å². The van der Waals surface area contributed by atoms with Crippen LogP contribution in [-0.4, -0.2) is 4.98 Å². The van der Waals surface area contributed by atoms with Gasteiger partial charge in [-0.05, 0) is 48.9 Å². The molecule has 0 fully saturated rings. The predicted octanol–water partition coefficient (Wildman–Crippen LogP) is 5.32. The first-order valence-corrected chi connectivity index (χ1v) is 8.11. The van der Waals surface area contributed by atoms with E-state index in [1.54, 1.807) is 55.5 Å². The number of nitrogens with one attached hydrogen (secondary N) is 1. The highest BCUT2D eigenvalue weighted by molar-refractivity contribution is 6.35. The number of benzene rings is 2. The third-order valence-corrected chi connectivity index (χ3v) is 4.10. The Balaban J connectivity index is 1.93. The van der Waals surface area contributed by atoms with Crippen LogP contribution in [-0.2, 0) is 0 Å². The largest absolute Gasteiger partial charge is 0.456 e. The maximum atomic E-state index is 11.9. The lowest BCUT2D eigenvalue weighted by molar-refractivity contribution is 0.483. The van der Waals surface area contributed by atoms with Crippen molar-refractivity contribution in [1.82, 2.24) is 4.98 Å². The van der Waals surface area contributed by atoms with E-state index in [2.05, 4.69) is 4.98 Å². The summed E-state index contributed by atoms with van der Waals surface area (Å²) < 4.78 is 5.74. The molecule has 0 aliphatic carbocycles. The molecule has 0 radical (unpaired) electrons. The lowest BCUT2D eigenvalue weighted by Gasteiger charge is -2.09. The second-order valence-corrected chi connectivity index (χ2v) is 6.23. The maximum Gasteiger partial charge on any atom is 0.266 e. The minimum atomic E-state index is -0.397. The first-order chi connectivity index (χ1) is 12.0. The van der Waals surface area contributed by atoms with E-state index in [1.807, 2.05) is 6.07 Å². The Hall–Kier alpha value is -2.74. The molecule has 0 saturated carbocycles. The minimum Gasteiger partial charge on any atom is -0.456 e.